The van der Waals surface area contributed by atoms with Gasteiger partial charge in [0, 0.05) is 13.1 Å². The Morgan fingerprint density at radius 3 is 2.94 bits per heavy atom. The summed E-state index contributed by atoms with van der Waals surface area (Å²) < 4.78 is 0. The van der Waals surface area contributed by atoms with Gasteiger partial charge in [-0.2, -0.15) is 0 Å². The summed E-state index contributed by atoms with van der Waals surface area (Å²) in [7, 11) is 0. The molecule has 2 N–H and O–H groups in total. The molecule has 5 heteroatoms. The molecule has 17 heavy (non-hydrogen) atoms. The van der Waals surface area contributed by atoms with E-state index in [1.165, 1.54) is 11.8 Å². The quantitative estimate of drug-likeness (QED) is 0.837. The van der Waals surface area contributed by atoms with Gasteiger partial charge in [-0.3, -0.25) is 9.79 Å². The standard InChI is InChI=1S/C12H15N3OS/c16-11(9-17-12-13-6-7-14-12)15-8-10-4-2-1-3-5-10/h1-5H,6-9H2,(H,13,14)(H,15,16). The number of carbonyl (C=O) groups is 1. The van der Waals surface area contributed by atoms with Gasteiger partial charge in [-0.1, -0.05) is 42.1 Å². The second-order valence-electron chi connectivity index (χ2n) is 3.66. The van der Waals surface area contributed by atoms with Gasteiger partial charge in [-0.25, -0.2) is 0 Å². The van der Waals surface area contributed by atoms with Crippen LogP contribution in [0.3, 0.4) is 0 Å². The fourth-order valence-corrected chi connectivity index (χ4v) is 2.21. The average Bonchev–Trinajstić information content (AvgIpc) is 2.88. The van der Waals surface area contributed by atoms with E-state index in [1.54, 1.807) is 0 Å². The molecule has 0 bridgehead atoms. The molecule has 1 aliphatic rings. The van der Waals surface area contributed by atoms with E-state index in [9.17, 15) is 4.79 Å². The minimum absolute atomic E-state index is 0.0373. The first-order chi connectivity index (χ1) is 8.34. The van der Waals surface area contributed by atoms with Crippen molar-refractivity contribution in [2.24, 2.45) is 4.99 Å². The SMILES string of the molecule is O=C(CSC1=NCCN1)NCc1ccccc1. The topological polar surface area (TPSA) is 53.5 Å². The number of nitrogens with one attached hydrogen (secondary N) is 2. The molecule has 0 radical (unpaired) electrons. The van der Waals surface area contributed by atoms with Gasteiger partial charge in [0.1, 0.15) is 0 Å². The van der Waals surface area contributed by atoms with Crippen LogP contribution in [0.1, 0.15) is 5.56 Å². The Morgan fingerprint density at radius 1 is 1.41 bits per heavy atom. The number of benzene rings is 1. The summed E-state index contributed by atoms with van der Waals surface area (Å²) >= 11 is 1.45. The van der Waals surface area contributed by atoms with Crippen molar-refractivity contribution in [2.45, 2.75) is 6.54 Å². The summed E-state index contributed by atoms with van der Waals surface area (Å²) in [4.78, 5) is 15.8. The van der Waals surface area contributed by atoms with Crippen LogP contribution in [-0.4, -0.2) is 29.9 Å². The Balaban J connectivity index is 1.67. The molecule has 0 spiro atoms. The number of hydrogen-bond acceptors (Lipinski definition) is 4. The number of nitrogens with zero attached hydrogens (tertiary/aromatic N) is 1. The third kappa shape index (κ3) is 4.11. The molecule has 1 amide bonds. The maximum absolute atomic E-state index is 11.6. The Hall–Kier alpha value is -1.49. The summed E-state index contributed by atoms with van der Waals surface area (Å²) in [6.07, 6.45) is 0. The molecular formula is C12H15N3OS. The normalized spacial score (nSPS) is 14.0. The van der Waals surface area contributed by atoms with Crippen LogP contribution < -0.4 is 10.6 Å². The van der Waals surface area contributed by atoms with Crippen LogP contribution >= 0.6 is 11.8 Å². The Labute approximate surface area is 105 Å². The molecule has 0 saturated heterocycles. The van der Waals surface area contributed by atoms with E-state index in [4.69, 9.17) is 0 Å². The van der Waals surface area contributed by atoms with Gasteiger partial charge in [0.2, 0.25) is 5.91 Å². The number of rotatable bonds is 4. The fourth-order valence-electron chi connectivity index (χ4n) is 1.45. The highest BCUT2D eigenvalue weighted by Gasteiger charge is 2.08. The van der Waals surface area contributed by atoms with Crippen molar-refractivity contribution in [1.82, 2.24) is 10.6 Å². The molecule has 0 unspecified atom stereocenters. The number of amidine groups is 1. The van der Waals surface area contributed by atoms with Crippen molar-refractivity contribution < 1.29 is 4.79 Å². The molecule has 0 saturated carbocycles. The smallest absolute Gasteiger partial charge is 0.230 e. The van der Waals surface area contributed by atoms with Crippen LogP contribution in [-0.2, 0) is 11.3 Å². The molecule has 1 aromatic rings. The monoisotopic (exact) mass is 249 g/mol. The zero-order chi connectivity index (χ0) is 11.9. The third-order valence-corrected chi connectivity index (χ3v) is 3.27. The highest BCUT2D eigenvalue weighted by molar-refractivity contribution is 8.14. The Morgan fingerprint density at radius 2 is 2.24 bits per heavy atom. The maximum Gasteiger partial charge on any atom is 0.230 e. The van der Waals surface area contributed by atoms with Crippen molar-refractivity contribution in [3.8, 4) is 0 Å². The first kappa shape index (κ1) is 12.0. The highest BCUT2D eigenvalue weighted by Crippen LogP contribution is 2.05. The fraction of sp³-hybridized carbons (Fsp3) is 0.333. The van der Waals surface area contributed by atoms with Gasteiger partial charge in [0.15, 0.2) is 5.17 Å². The summed E-state index contributed by atoms with van der Waals surface area (Å²) in [6, 6.07) is 9.89. The first-order valence-corrected chi connectivity index (χ1v) is 6.55. The van der Waals surface area contributed by atoms with Crippen LogP contribution in [0.25, 0.3) is 0 Å². The van der Waals surface area contributed by atoms with Crippen molar-refractivity contribution in [3.05, 3.63) is 35.9 Å². The largest absolute Gasteiger partial charge is 0.363 e. The van der Waals surface area contributed by atoms with E-state index < -0.39 is 0 Å². The van der Waals surface area contributed by atoms with E-state index in [0.717, 1.165) is 23.8 Å². The molecule has 1 aliphatic heterocycles. The minimum atomic E-state index is 0.0373. The molecule has 0 aliphatic carbocycles. The van der Waals surface area contributed by atoms with Crippen LogP contribution in [0.5, 0.6) is 0 Å². The molecule has 1 aromatic carbocycles. The average molecular weight is 249 g/mol. The lowest BCUT2D eigenvalue weighted by Crippen LogP contribution is -2.26. The van der Waals surface area contributed by atoms with Crippen LogP contribution in [0, 0.1) is 0 Å². The lowest BCUT2D eigenvalue weighted by atomic mass is 10.2. The lowest BCUT2D eigenvalue weighted by Gasteiger charge is -2.05. The predicted molar refractivity (Wildman–Crippen MR) is 71.1 cm³/mol. The van der Waals surface area contributed by atoms with Gasteiger partial charge in [-0.15, -0.1) is 0 Å². The Kier molecular flexibility index (Phi) is 4.44. The van der Waals surface area contributed by atoms with E-state index >= 15 is 0 Å². The molecule has 90 valence electrons. The molecule has 0 aromatic heterocycles. The number of hydrogen-bond donors (Lipinski definition) is 2. The predicted octanol–water partition coefficient (Wildman–Crippen LogP) is 0.995. The summed E-state index contributed by atoms with van der Waals surface area (Å²) in [6.45, 7) is 2.28. The van der Waals surface area contributed by atoms with E-state index in [1.807, 2.05) is 30.3 Å². The molecule has 2 rings (SSSR count). The van der Waals surface area contributed by atoms with Crippen LogP contribution in [0.4, 0.5) is 0 Å². The molecule has 1 heterocycles. The number of aliphatic imine (C=N–C) groups is 1. The summed E-state index contributed by atoms with van der Waals surface area (Å²) in [5.74, 6) is 0.453. The van der Waals surface area contributed by atoms with Gasteiger partial charge >= 0.3 is 0 Å². The second kappa shape index (κ2) is 6.30. The second-order valence-corrected chi connectivity index (χ2v) is 4.63. The zero-order valence-electron chi connectivity index (χ0n) is 9.48. The van der Waals surface area contributed by atoms with Crippen LogP contribution in [0.2, 0.25) is 0 Å². The first-order valence-electron chi connectivity index (χ1n) is 5.56. The molecule has 4 nitrogen and oxygen atoms in total. The van der Waals surface area contributed by atoms with Gasteiger partial charge in [0.05, 0.1) is 12.3 Å². The van der Waals surface area contributed by atoms with Gasteiger partial charge in [-0.05, 0) is 5.56 Å². The maximum atomic E-state index is 11.6. The zero-order valence-corrected chi connectivity index (χ0v) is 10.3. The lowest BCUT2D eigenvalue weighted by molar-refractivity contribution is -0.118. The van der Waals surface area contributed by atoms with Crippen molar-refractivity contribution in [2.75, 3.05) is 18.8 Å². The number of carbonyl (C=O) groups excluding carboxylic acids is 1. The van der Waals surface area contributed by atoms with Crippen molar-refractivity contribution >= 4 is 22.8 Å². The van der Waals surface area contributed by atoms with E-state index in [-0.39, 0.29) is 5.91 Å². The number of thioether (sulfide) groups is 1. The third-order valence-electron chi connectivity index (χ3n) is 2.32. The summed E-state index contributed by atoms with van der Waals surface area (Å²) in [5, 5.41) is 6.87. The highest BCUT2D eigenvalue weighted by atomic mass is 32.2. The van der Waals surface area contributed by atoms with Crippen LogP contribution in [0.15, 0.2) is 35.3 Å². The van der Waals surface area contributed by atoms with Crippen molar-refractivity contribution in [1.29, 1.82) is 0 Å². The van der Waals surface area contributed by atoms with Gasteiger partial charge in [0.25, 0.3) is 0 Å². The molecule has 0 fully saturated rings. The Bertz CT molecular complexity index is 405. The van der Waals surface area contributed by atoms with Gasteiger partial charge < -0.3 is 10.6 Å². The van der Waals surface area contributed by atoms with E-state index in [2.05, 4.69) is 15.6 Å². The summed E-state index contributed by atoms with van der Waals surface area (Å²) in [5.41, 5.74) is 1.11. The van der Waals surface area contributed by atoms with E-state index in [0.29, 0.717) is 12.3 Å². The number of amides is 1. The molecule has 0 atom stereocenters. The minimum Gasteiger partial charge on any atom is -0.363 e. The van der Waals surface area contributed by atoms with Crippen molar-refractivity contribution in [3.63, 3.8) is 0 Å². The molecular weight excluding hydrogens is 234 g/mol.